The van der Waals surface area contributed by atoms with Gasteiger partial charge in [0, 0.05) is 31.9 Å². The molecule has 0 atom stereocenters. The van der Waals surface area contributed by atoms with Gasteiger partial charge >= 0.3 is 0 Å². The summed E-state index contributed by atoms with van der Waals surface area (Å²) < 4.78 is 0. The molecule has 1 heterocycles. The zero-order valence-electron chi connectivity index (χ0n) is 16.3. The van der Waals surface area contributed by atoms with E-state index in [0.717, 1.165) is 39.0 Å². The second-order valence-corrected chi connectivity index (χ2v) is 7.76. The van der Waals surface area contributed by atoms with Gasteiger partial charge in [-0.25, -0.2) is 0 Å². The molecule has 2 aromatic rings. The summed E-state index contributed by atoms with van der Waals surface area (Å²) in [7, 11) is 0. The normalized spacial score (nSPS) is 14.8. The number of thiocarbonyl (C=S) groups is 1. The van der Waals surface area contributed by atoms with Gasteiger partial charge in [0.1, 0.15) is 5.75 Å². The lowest BCUT2D eigenvalue weighted by molar-refractivity contribution is 0.252. The number of rotatable bonds is 8. The fourth-order valence-corrected chi connectivity index (χ4v) is 3.79. The lowest BCUT2D eigenvalue weighted by Gasteiger charge is -2.36. The monoisotopic (exact) mass is 398 g/mol. The highest BCUT2D eigenvalue weighted by Crippen LogP contribution is 2.25. The maximum Gasteiger partial charge on any atom is 0.168 e. The minimum atomic E-state index is 0.166. The van der Waals surface area contributed by atoms with E-state index in [1.54, 1.807) is 6.07 Å². The molecule has 5 nitrogen and oxygen atoms in total. The number of aryl methyl sites for hydroxylation is 1. The Morgan fingerprint density at radius 2 is 1.75 bits per heavy atom. The van der Waals surface area contributed by atoms with Gasteiger partial charge < -0.3 is 21.1 Å². The Morgan fingerprint density at radius 1 is 1.00 bits per heavy atom. The Balaban J connectivity index is 1.33. The number of phenolic OH excluding ortho intramolecular Hbond substituents is 1. The molecule has 28 heavy (non-hydrogen) atoms. The molecule has 1 fully saturated rings. The SMILES string of the molecule is NC(=S)Nc1cc(CCCCCN2CCN(c3ccccc3)CC2)ccc1O. The Labute approximate surface area is 173 Å². The third-order valence-corrected chi connectivity index (χ3v) is 5.35. The van der Waals surface area contributed by atoms with Crippen LogP contribution >= 0.6 is 12.2 Å². The van der Waals surface area contributed by atoms with Gasteiger partial charge in [-0.1, -0.05) is 30.7 Å². The Bertz CT molecular complexity index is 760. The number of nitrogens with zero attached hydrogens (tertiary/aromatic N) is 2. The first-order valence-electron chi connectivity index (χ1n) is 10.0. The first-order chi connectivity index (χ1) is 13.6. The van der Waals surface area contributed by atoms with Crippen LogP contribution in [0.15, 0.2) is 48.5 Å². The van der Waals surface area contributed by atoms with Gasteiger partial charge in [0.25, 0.3) is 0 Å². The molecular formula is C22H30N4OS. The third-order valence-electron chi connectivity index (χ3n) is 5.25. The van der Waals surface area contributed by atoms with Gasteiger partial charge in [-0.05, 0) is 67.9 Å². The average Bonchev–Trinajstić information content (AvgIpc) is 2.71. The summed E-state index contributed by atoms with van der Waals surface area (Å²) in [6.07, 6.45) is 4.56. The molecule has 0 amide bonds. The number of piperazine rings is 1. The second-order valence-electron chi connectivity index (χ2n) is 7.32. The predicted molar refractivity (Wildman–Crippen MR) is 121 cm³/mol. The van der Waals surface area contributed by atoms with Crippen molar-refractivity contribution in [1.29, 1.82) is 0 Å². The van der Waals surface area contributed by atoms with E-state index in [1.165, 1.54) is 30.6 Å². The number of anilines is 2. The number of aromatic hydroxyl groups is 1. The molecule has 0 saturated carbocycles. The van der Waals surface area contributed by atoms with Crippen molar-refractivity contribution in [2.24, 2.45) is 5.73 Å². The fraction of sp³-hybridized carbons (Fsp3) is 0.409. The summed E-state index contributed by atoms with van der Waals surface area (Å²) in [5.74, 6) is 0.172. The Morgan fingerprint density at radius 3 is 2.46 bits per heavy atom. The second kappa shape index (κ2) is 10.3. The van der Waals surface area contributed by atoms with Crippen LogP contribution < -0.4 is 16.0 Å². The van der Waals surface area contributed by atoms with Gasteiger partial charge in [-0.3, -0.25) is 4.90 Å². The van der Waals surface area contributed by atoms with Crippen LogP contribution in [-0.2, 0) is 6.42 Å². The van der Waals surface area contributed by atoms with E-state index < -0.39 is 0 Å². The van der Waals surface area contributed by atoms with Crippen LogP contribution in [0.3, 0.4) is 0 Å². The number of nitrogens with one attached hydrogen (secondary N) is 1. The number of nitrogens with two attached hydrogens (primary N) is 1. The van der Waals surface area contributed by atoms with Crippen LogP contribution in [0.1, 0.15) is 24.8 Å². The van der Waals surface area contributed by atoms with E-state index in [-0.39, 0.29) is 10.9 Å². The number of benzene rings is 2. The summed E-state index contributed by atoms with van der Waals surface area (Å²) in [6, 6.07) is 16.3. The third kappa shape index (κ3) is 6.11. The minimum absolute atomic E-state index is 0.166. The van der Waals surface area contributed by atoms with Crippen LogP contribution in [0.5, 0.6) is 5.75 Å². The van der Waals surface area contributed by atoms with E-state index in [2.05, 4.69) is 45.4 Å². The standard InChI is InChI=1S/C22H30N4OS/c23-22(28)24-20-17-18(10-11-21(20)27)7-3-2-6-12-25-13-15-26(16-14-25)19-8-4-1-5-9-19/h1,4-5,8-11,17,27H,2-3,6-7,12-16H2,(H3,23,24,28). The van der Waals surface area contributed by atoms with Gasteiger partial charge in [-0.2, -0.15) is 0 Å². The van der Waals surface area contributed by atoms with E-state index in [1.807, 2.05) is 12.1 Å². The topological polar surface area (TPSA) is 64.8 Å². The van der Waals surface area contributed by atoms with Crippen molar-refractivity contribution in [2.75, 3.05) is 42.9 Å². The molecule has 2 aromatic carbocycles. The van der Waals surface area contributed by atoms with Gasteiger partial charge in [0.2, 0.25) is 0 Å². The lowest BCUT2D eigenvalue weighted by Crippen LogP contribution is -2.46. The molecule has 0 aromatic heterocycles. The van der Waals surface area contributed by atoms with Crippen molar-refractivity contribution in [1.82, 2.24) is 4.90 Å². The van der Waals surface area contributed by atoms with Crippen LogP contribution in [0.4, 0.5) is 11.4 Å². The number of hydrogen-bond acceptors (Lipinski definition) is 4. The van der Waals surface area contributed by atoms with Gasteiger partial charge in [0.05, 0.1) is 5.69 Å². The summed E-state index contributed by atoms with van der Waals surface area (Å²) in [6.45, 7) is 5.67. The number of phenols is 1. The van der Waals surface area contributed by atoms with Crippen LogP contribution in [0, 0.1) is 0 Å². The van der Waals surface area contributed by atoms with Crippen LogP contribution in [0.25, 0.3) is 0 Å². The first-order valence-corrected chi connectivity index (χ1v) is 10.4. The van der Waals surface area contributed by atoms with Crippen molar-refractivity contribution < 1.29 is 5.11 Å². The number of para-hydroxylation sites is 1. The highest BCUT2D eigenvalue weighted by molar-refractivity contribution is 7.80. The zero-order valence-corrected chi connectivity index (χ0v) is 17.1. The summed E-state index contributed by atoms with van der Waals surface area (Å²) >= 11 is 4.85. The Hall–Kier alpha value is -2.31. The van der Waals surface area contributed by atoms with Crippen molar-refractivity contribution in [3.05, 3.63) is 54.1 Å². The van der Waals surface area contributed by atoms with Crippen molar-refractivity contribution in [2.45, 2.75) is 25.7 Å². The molecule has 1 aliphatic heterocycles. The molecule has 0 unspecified atom stereocenters. The molecule has 150 valence electrons. The van der Waals surface area contributed by atoms with E-state index in [0.29, 0.717) is 5.69 Å². The minimum Gasteiger partial charge on any atom is -0.506 e. The highest BCUT2D eigenvalue weighted by atomic mass is 32.1. The van der Waals surface area contributed by atoms with Gasteiger partial charge in [0.15, 0.2) is 5.11 Å². The molecule has 3 rings (SSSR count). The van der Waals surface area contributed by atoms with Crippen LogP contribution in [-0.4, -0.2) is 47.8 Å². The first kappa shape index (κ1) is 20.4. The molecule has 6 heteroatoms. The molecule has 1 saturated heterocycles. The average molecular weight is 399 g/mol. The molecule has 0 spiro atoms. The van der Waals surface area contributed by atoms with E-state index >= 15 is 0 Å². The summed E-state index contributed by atoms with van der Waals surface area (Å²) in [5.41, 5.74) is 8.60. The molecule has 1 aliphatic rings. The molecule has 0 radical (unpaired) electrons. The molecule has 0 bridgehead atoms. The zero-order chi connectivity index (χ0) is 19.8. The van der Waals surface area contributed by atoms with Crippen molar-refractivity contribution in [3.63, 3.8) is 0 Å². The molecular weight excluding hydrogens is 368 g/mol. The molecule has 0 aliphatic carbocycles. The van der Waals surface area contributed by atoms with Gasteiger partial charge in [-0.15, -0.1) is 0 Å². The predicted octanol–water partition coefficient (Wildman–Crippen LogP) is 3.58. The smallest absolute Gasteiger partial charge is 0.168 e. The van der Waals surface area contributed by atoms with E-state index in [4.69, 9.17) is 18.0 Å². The highest BCUT2D eigenvalue weighted by Gasteiger charge is 2.16. The van der Waals surface area contributed by atoms with Crippen LogP contribution in [0.2, 0.25) is 0 Å². The van der Waals surface area contributed by atoms with Crippen molar-refractivity contribution in [3.8, 4) is 5.75 Å². The number of hydrogen-bond donors (Lipinski definition) is 3. The lowest BCUT2D eigenvalue weighted by atomic mass is 10.1. The van der Waals surface area contributed by atoms with E-state index in [9.17, 15) is 5.11 Å². The maximum absolute atomic E-state index is 9.84. The fourth-order valence-electron chi connectivity index (χ4n) is 3.68. The van der Waals surface area contributed by atoms with Crippen molar-refractivity contribution >= 4 is 28.7 Å². The number of unbranched alkanes of at least 4 members (excludes halogenated alkanes) is 2. The summed E-state index contributed by atoms with van der Waals surface area (Å²) in [4.78, 5) is 5.05. The summed E-state index contributed by atoms with van der Waals surface area (Å²) in [5, 5.41) is 12.8. The molecule has 4 N–H and O–H groups in total. The largest absolute Gasteiger partial charge is 0.506 e. The quantitative estimate of drug-likeness (QED) is 0.359. The maximum atomic E-state index is 9.84. The Kier molecular flexibility index (Phi) is 7.51.